The highest BCUT2D eigenvalue weighted by molar-refractivity contribution is 7.09. The molecule has 0 radical (unpaired) electrons. The number of aliphatic hydroxyl groups is 1. The zero-order valence-electron chi connectivity index (χ0n) is 9.02. The molecule has 0 aliphatic rings. The maximum atomic E-state index is 8.63. The molecule has 1 aromatic rings. The molecule has 3 N–H and O–H groups in total. The van der Waals surface area contributed by atoms with E-state index in [1.807, 2.05) is 7.05 Å². The van der Waals surface area contributed by atoms with E-state index in [0.29, 0.717) is 5.00 Å². The minimum atomic E-state index is 0.284. The van der Waals surface area contributed by atoms with Crippen LogP contribution in [0.5, 0.6) is 0 Å². The lowest BCUT2D eigenvalue weighted by Crippen LogP contribution is -2.20. The molecule has 0 aliphatic heterocycles. The number of hydrogen-bond acceptors (Lipinski definition) is 6. The highest BCUT2D eigenvalue weighted by Crippen LogP contribution is 2.14. The fourth-order valence-electron chi connectivity index (χ4n) is 1.33. The van der Waals surface area contributed by atoms with Crippen molar-refractivity contribution in [3.8, 4) is 0 Å². The van der Waals surface area contributed by atoms with Gasteiger partial charge in [-0.3, -0.25) is 0 Å². The van der Waals surface area contributed by atoms with Gasteiger partial charge in [0, 0.05) is 24.7 Å². The summed E-state index contributed by atoms with van der Waals surface area (Å²) in [6, 6.07) is 0. The van der Waals surface area contributed by atoms with Crippen LogP contribution in [-0.2, 0) is 6.54 Å². The number of unbranched alkanes of at least 4 members (excludes halogenated alkanes) is 2. The lowest BCUT2D eigenvalue weighted by atomic mass is 10.2. The molecule has 15 heavy (non-hydrogen) atoms. The summed E-state index contributed by atoms with van der Waals surface area (Å²) in [5.74, 6) is 0. The van der Waals surface area contributed by atoms with Crippen LogP contribution in [0.3, 0.4) is 0 Å². The lowest BCUT2D eigenvalue weighted by Gasteiger charge is -2.14. The first-order valence-corrected chi connectivity index (χ1v) is 5.87. The van der Waals surface area contributed by atoms with Crippen molar-refractivity contribution in [1.82, 2.24) is 14.5 Å². The zero-order valence-corrected chi connectivity index (χ0v) is 9.83. The molecular formula is C9H18N4OS. The van der Waals surface area contributed by atoms with Gasteiger partial charge < -0.3 is 15.7 Å². The van der Waals surface area contributed by atoms with Crippen LogP contribution in [0, 0.1) is 0 Å². The van der Waals surface area contributed by atoms with Gasteiger partial charge in [-0.05, 0) is 32.9 Å². The number of rotatable bonds is 7. The van der Waals surface area contributed by atoms with E-state index < -0.39 is 0 Å². The molecule has 0 unspecified atom stereocenters. The van der Waals surface area contributed by atoms with Crippen molar-refractivity contribution in [2.75, 3.05) is 25.9 Å². The van der Waals surface area contributed by atoms with E-state index in [1.54, 1.807) is 0 Å². The van der Waals surface area contributed by atoms with Gasteiger partial charge >= 0.3 is 0 Å². The van der Waals surface area contributed by atoms with Crippen LogP contribution in [0.1, 0.15) is 25.0 Å². The second-order valence-corrected chi connectivity index (χ2v) is 4.39. The van der Waals surface area contributed by atoms with Crippen molar-refractivity contribution in [2.45, 2.75) is 25.8 Å². The highest BCUT2D eigenvalue weighted by Gasteiger charge is 2.07. The summed E-state index contributed by atoms with van der Waals surface area (Å²) in [6.45, 7) is 2.03. The van der Waals surface area contributed by atoms with Crippen LogP contribution in [0.4, 0.5) is 5.00 Å². The predicted molar refractivity (Wildman–Crippen MR) is 61.6 cm³/mol. The van der Waals surface area contributed by atoms with Gasteiger partial charge in [0.1, 0.15) is 10.7 Å². The number of aromatic nitrogens is 2. The zero-order chi connectivity index (χ0) is 11.1. The van der Waals surface area contributed by atoms with Crippen molar-refractivity contribution < 1.29 is 5.11 Å². The molecule has 0 amide bonds. The van der Waals surface area contributed by atoms with Gasteiger partial charge in [0.05, 0.1) is 0 Å². The largest absolute Gasteiger partial charge is 0.396 e. The summed E-state index contributed by atoms with van der Waals surface area (Å²) in [5.41, 5.74) is 6.56. The summed E-state index contributed by atoms with van der Waals surface area (Å²) in [7, 11) is 2.04. The summed E-state index contributed by atoms with van der Waals surface area (Å²) in [6.07, 6.45) is 3.04. The monoisotopic (exact) mass is 230 g/mol. The van der Waals surface area contributed by atoms with Gasteiger partial charge in [-0.1, -0.05) is 4.49 Å². The number of hydrogen-bond donors (Lipinski definition) is 2. The van der Waals surface area contributed by atoms with E-state index in [-0.39, 0.29) is 6.61 Å². The Kier molecular flexibility index (Phi) is 5.52. The van der Waals surface area contributed by atoms with Crippen LogP contribution < -0.4 is 5.73 Å². The first kappa shape index (κ1) is 12.4. The quantitative estimate of drug-likeness (QED) is 0.675. The second kappa shape index (κ2) is 6.71. The molecular weight excluding hydrogens is 212 g/mol. The Morgan fingerprint density at radius 2 is 2.20 bits per heavy atom. The fourth-order valence-corrected chi connectivity index (χ4v) is 1.77. The van der Waals surface area contributed by atoms with Gasteiger partial charge in [0.25, 0.3) is 0 Å². The maximum absolute atomic E-state index is 8.63. The van der Waals surface area contributed by atoms with Crippen molar-refractivity contribution >= 4 is 16.5 Å². The minimum absolute atomic E-state index is 0.284. The van der Waals surface area contributed by atoms with Crippen LogP contribution in [0.2, 0.25) is 0 Å². The molecule has 0 aliphatic carbocycles. The van der Waals surface area contributed by atoms with Gasteiger partial charge in [-0.25, -0.2) is 0 Å². The number of nitrogen functional groups attached to an aromatic ring is 1. The lowest BCUT2D eigenvalue weighted by molar-refractivity contribution is 0.270. The van der Waals surface area contributed by atoms with Crippen LogP contribution >= 0.6 is 11.5 Å². The molecule has 5 nitrogen and oxygen atoms in total. The molecule has 1 heterocycles. The third-order valence-electron chi connectivity index (χ3n) is 2.20. The van der Waals surface area contributed by atoms with Crippen molar-refractivity contribution in [1.29, 1.82) is 0 Å². The normalized spacial score (nSPS) is 11.1. The third kappa shape index (κ3) is 4.55. The summed E-state index contributed by atoms with van der Waals surface area (Å²) in [4.78, 5) is 2.17. The number of anilines is 1. The minimum Gasteiger partial charge on any atom is -0.396 e. The van der Waals surface area contributed by atoms with E-state index in [9.17, 15) is 0 Å². The molecule has 0 aromatic carbocycles. The average molecular weight is 230 g/mol. The van der Waals surface area contributed by atoms with Crippen molar-refractivity contribution in [2.24, 2.45) is 0 Å². The Hall–Kier alpha value is -0.720. The Bertz CT molecular complexity index is 279. The molecule has 0 fully saturated rings. The Balaban J connectivity index is 2.18. The van der Waals surface area contributed by atoms with E-state index in [1.165, 1.54) is 11.5 Å². The number of nitrogens with two attached hydrogens (primary N) is 1. The smallest absolute Gasteiger partial charge is 0.132 e. The molecule has 0 spiro atoms. The predicted octanol–water partition coefficient (Wildman–Crippen LogP) is 0.715. The summed E-state index contributed by atoms with van der Waals surface area (Å²) < 4.78 is 3.79. The van der Waals surface area contributed by atoms with E-state index in [4.69, 9.17) is 10.8 Å². The van der Waals surface area contributed by atoms with Gasteiger partial charge in [-0.15, -0.1) is 5.10 Å². The van der Waals surface area contributed by atoms with E-state index in [0.717, 1.165) is 38.0 Å². The molecule has 0 saturated carbocycles. The molecule has 86 valence electrons. The number of aliphatic hydroxyl groups excluding tert-OH is 1. The maximum Gasteiger partial charge on any atom is 0.132 e. The molecule has 0 bridgehead atoms. The van der Waals surface area contributed by atoms with E-state index in [2.05, 4.69) is 14.5 Å². The SMILES string of the molecule is CN(CCCCCO)Cc1nnsc1N. The topological polar surface area (TPSA) is 75.3 Å². The first-order chi connectivity index (χ1) is 7.24. The van der Waals surface area contributed by atoms with Crippen molar-refractivity contribution in [3.05, 3.63) is 5.69 Å². The van der Waals surface area contributed by atoms with Gasteiger partial charge in [-0.2, -0.15) is 0 Å². The Morgan fingerprint density at radius 1 is 1.40 bits per heavy atom. The molecule has 1 aromatic heterocycles. The molecule has 1 rings (SSSR count). The highest BCUT2D eigenvalue weighted by atomic mass is 32.1. The summed E-state index contributed by atoms with van der Waals surface area (Å²) in [5, 5.41) is 13.3. The fraction of sp³-hybridized carbons (Fsp3) is 0.778. The standard InChI is InChI=1S/C9H18N4OS/c1-13(5-3-2-4-6-14)7-8-9(10)15-12-11-8/h14H,2-7,10H2,1H3. The van der Waals surface area contributed by atoms with E-state index >= 15 is 0 Å². The Morgan fingerprint density at radius 3 is 2.80 bits per heavy atom. The molecule has 0 saturated heterocycles. The van der Waals surface area contributed by atoms with Crippen LogP contribution in [0.15, 0.2) is 0 Å². The third-order valence-corrected chi connectivity index (χ3v) is 2.80. The number of nitrogens with zero attached hydrogens (tertiary/aromatic N) is 3. The summed E-state index contributed by atoms with van der Waals surface area (Å²) >= 11 is 1.24. The van der Waals surface area contributed by atoms with Crippen LogP contribution in [-0.4, -0.2) is 39.8 Å². The van der Waals surface area contributed by atoms with Gasteiger partial charge in [0.2, 0.25) is 0 Å². The second-order valence-electron chi connectivity index (χ2n) is 3.61. The Labute approximate surface area is 94.1 Å². The average Bonchev–Trinajstić information content (AvgIpc) is 2.59. The van der Waals surface area contributed by atoms with Gasteiger partial charge in [0.15, 0.2) is 0 Å². The molecule has 6 heteroatoms. The van der Waals surface area contributed by atoms with Crippen molar-refractivity contribution in [3.63, 3.8) is 0 Å². The van der Waals surface area contributed by atoms with Crippen LogP contribution in [0.25, 0.3) is 0 Å². The molecule has 0 atom stereocenters. The first-order valence-electron chi connectivity index (χ1n) is 5.10.